The van der Waals surface area contributed by atoms with Gasteiger partial charge in [-0.3, -0.25) is 10.3 Å². The summed E-state index contributed by atoms with van der Waals surface area (Å²) in [5.41, 5.74) is 1.98. The molecule has 1 amide bonds. The van der Waals surface area contributed by atoms with Crippen LogP contribution in [0.4, 0.5) is 10.5 Å². The third-order valence-corrected chi connectivity index (χ3v) is 3.23. The van der Waals surface area contributed by atoms with Gasteiger partial charge in [0.2, 0.25) is 0 Å². The predicted molar refractivity (Wildman–Crippen MR) is 84.0 cm³/mol. The molecule has 0 saturated carbocycles. The minimum atomic E-state index is -0.523. The van der Waals surface area contributed by atoms with E-state index >= 15 is 0 Å². The molecule has 0 spiro atoms. The first-order valence-corrected chi connectivity index (χ1v) is 7.10. The fourth-order valence-corrected chi connectivity index (χ4v) is 2.20. The molecule has 0 bridgehead atoms. The molecule has 4 nitrogen and oxygen atoms in total. The minimum absolute atomic E-state index is 0.475. The Morgan fingerprint density at radius 3 is 2.70 bits per heavy atom. The first-order chi connectivity index (χ1) is 9.26. The molecule has 5 heteroatoms. The van der Waals surface area contributed by atoms with Crippen LogP contribution >= 0.6 is 15.9 Å². The maximum Gasteiger partial charge on any atom is 0.412 e. The molecule has 0 aliphatic rings. The summed E-state index contributed by atoms with van der Waals surface area (Å²) in [5.74, 6) is 0. The highest BCUT2D eigenvalue weighted by Crippen LogP contribution is 2.26. The topological polar surface area (TPSA) is 51.2 Å². The van der Waals surface area contributed by atoms with Crippen LogP contribution in [0, 0.1) is 6.92 Å². The third-order valence-electron chi connectivity index (χ3n) is 2.73. The van der Waals surface area contributed by atoms with Gasteiger partial charge in [-0.15, -0.1) is 0 Å². The van der Waals surface area contributed by atoms with Gasteiger partial charge in [0, 0.05) is 9.86 Å². The normalized spacial score (nSPS) is 11.4. The number of hydrogen-bond donors (Lipinski definition) is 1. The second-order valence-corrected chi connectivity index (χ2v) is 6.50. The zero-order valence-electron chi connectivity index (χ0n) is 12.0. The Balaban J connectivity index is 2.31. The van der Waals surface area contributed by atoms with Crippen LogP contribution in [0.1, 0.15) is 26.3 Å². The summed E-state index contributed by atoms with van der Waals surface area (Å²) >= 11 is 3.44. The van der Waals surface area contributed by atoms with Crippen molar-refractivity contribution in [2.75, 3.05) is 5.32 Å². The largest absolute Gasteiger partial charge is 0.444 e. The van der Waals surface area contributed by atoms with Crippen molar-refractivity contribution < 1.29 is 9.53 Å². The summed E-state index contributed by atoms with van der Waals surface area (Å²) in [6.45, 7) is 7.43. The Morgan fingerprint density at radius 2 is 2.05 bits per heavy atom. The molecule has 1 heterocycles. The van der Waals surface area contributed by atoms with Crippen LogP contribution < -0.4 is 5.32 Å². The Kier molecular flexibility index (Phi) is 3.99. The molecule has 1 aromatic carbocycles. The van der Waals surface area contributed by atoms with Crippen molar-refractivity contribution in [3.63, 3.8) is 0 Å². The van der Waals surface area contributed by atoms with Gasteiger partial charge in [0.05, 0.1) is 17.4 Å². The summed E-state index contributed by atoms with van der Waals surface area (Å²) in [6, 6.07) is 5.86. The molecule has 0 aliphatic carbocycles. The fraction of sp³-hybridized carbons (Fsp3) is 0.333. The zero-order chi connectivity index (χ0) is 14.9. The van der Waals surface area contributed by atoms with Crippen molar-refractivity contribution in [3.8, 4) is 0 Å². The van der Waals surface area contributed by atoms with Crippen molar-refractivity contribution in [1.82, 2.24) is 4.98 Å². The Bertz CT molecular complexity index is 663. The molecular weight excluding hydrogens is 320 g/mol. The molecule has 0 radical (unpaired) electrons. The Labute approximate surface area is 126 Å². The van der Waals surface area contributed by atoms with Gasteiger partial charge < -0.3 is 4.74 Å². The predicted octanol–water partition coefficient (Wildman–Crippen LogP) is 4.65. The maximum absolute atomic E-state index is 11.8. The number of carbonyl (C=O) groups excluding carboxylic acids is 1. The Morgan fingerprint density at radius 1 is 1.35 bits per heavy atom. The lowest BCUT2D eigenvalue weighted by atomic mass is 10.1. The zero-order valence-corrected chi connectivity index (χ0v) is 13.5. The van der Waals surface area contributed by atoms with E-state index in [4.69, 9.17) is 4.74 Å². The molecule has 0 atom stereocenters. The first kappa shape index (κ1) is 14.8. The van der Waals surface area contributed by atoms with E-state index in [1.54, 1.807) is 6.20 Å². The van der Waals surface area contributed by atoms with Gasteiger partial charge in [0.15, 0.2) is 0 Å². The molecule has 0 saturated heterocycles. The van der Waals surface area contributed by atoms with Crippen LogP contribution in [0.3, 0.4) is 0 Å². The molecule has 1 N–H and O–H groups in total. The monoisotopic (exact) mass is 336 g/mol. The van der Waals surface area contributed by atoms with E-state index in [0.717, 1.165) is 20.9 Å². The number of ether oxygens (including phenoxy) is 1. The highest BCUT2D eigenvalue weighted by Gasteiger charge is 2.17. The van der Waals surface area contributed by atoms with Gasteiger partial charge in [-0.1, -0.05) is 15.9 Å². The first-order valence-electron chi connectivity index (χ1n) is 6.31. The summed E-state index contributed by atoms with van der Waals surface area (Å²) in [4.78, 5) is 16.2. The van der Waals surface area contributed by atoms with Crippen LogP contribution in [-0.4, -0.2) is 16.7 Å². The van der Waals surface area contributed by atoms with Crippen molar-refractivity contribution in [2.45, 2.75) is 33.3 Å². The van der Waals surface area contributed by atoms with Gasteiger partial charge in [0.25, 0.3) is 0 Å². The maximum atomic E-state index is 11.8. The average Bonchev–Trinajstić information content (AvgIpc) is 2.31. The number of halogens is 1. The molecule has 0 unspecified atom stereocenters. The lowest BCUT2D eigenvalue weighted by molar-refractivity contribution is 0.0636. The number of aromatic nitrogens is 1. The van der Waals surface area contributed by atoms with Crippen molar-refractivity contribution in [3.05, 3.63) is 34.4 Å². The van der Waals surface area contributed by atoms with Crippen molar-refractivity contribution in [2.24, 2.45) is 0 Å². The van der Waals surface area contributed by atoms with E-state index in [9.17, 15) is 4.79 Å². The van der Waals surface area contributed by atoms with E-state index in [-0.39, 0.29) is 0 Å². The van der Waals surface area contributed by atoms with Crippen molar-refractivity contribution >= 4 is 38.6 Å². The lowest BCUT2D eigenvalue weighted by Gasteiger charge is -2.20. The number of rotatable bonds is 1. The van der Waals surface area contributed by atoms with Crippen LogP contribution in [0.2, 0.25) is 0 Å². The van der Waals surface area contributed by atoms with Gasteiger partial charge in [-0.2, -0.15) is 0 Å². The number of benzene rings is 1. The number of aryl methyl sites for hydroxylation is 1. The van der Waals surface area contributed by atoms with Crippen LogP contribution in [-0.2, 0) is 4.74 Å². The molecule has 106 valence electrons. The number of nitrogens with zero attached hydrogens (tertiary/aromatic N) is 1. The van der Waals surface area contributed by atoms with Crippen LogP contribution in [0.15, 0.2) is 28.9 Å². The molecule has 1 aromatic heterocycles. The summed E-state index contributed by atoms with van der Waals surface area (Å²) in [7, 11) is 0. The molecule has 2 rings (SSSR count). The van der Waals surface area contributed by atoms with Gasteiger partial charge in [-0.05, 0) is 51.5 Å². The molecular formula is C15H17BrN2O2. The minimum Gasteiger partial charge on any atom is -0.444 e. The average molecular weight is 337 g/mol. The number of fused-ring (bicyclic) bond motifs is 1. The summed E-state index contributed by atoms with van der Waals surface area (Å²) < 4.78 is 6.22. The number of amides is 1. The standard InChI is InChI=1S/C15H17BrN2O2/c1-9-11-7-10(16)5-6-12(11)17-8-13(9)18-14(19)20-15(2,3)4/h5-8H,1-4H3,(H,18,19). The van der Waals surface area contributed by atoms with E-state index in [0.29, 0.717) is 5.69 Å². The molecule has 0 aliphatic heterocycles. The second-order valence-electron chi connectivity index (χ2n) is 5.59. The Hall–Kier alpha value is -1.62. The van der Waals surface area contributed by atoms with E-state index in [1.807, 2.05) is 45.9 Å². The third kappa shape index (κ3) is 3.48. The van der Waals surface area contributed by atoms with Crippen LogP contribution in [0.5, 0.6) is 0 Å². The number of anilines is 1. The molecule has 0 fully saturated rings. The van der Waals surface area contributed by atoms with E-state index in [1.165, 1.54) is 0 Å². The van der Waals surface area contributed by atoms with Crippen molar-refractivity contribution in [1.29, 1.82) is 0 Å². The SMILES string of the molecule is Cc1c(NC(=O)OC(C)(C)C)cnc2ccc(Br)cc12. The van der Waals surface area contributed by atoms with Gasteiger partial charge >= 0.3 is 6.09 Å². The fourth-order valence-electron chi connectivity index (χ4n) is 1.84. The quantitative estimate of drug-likeness (QED) is 0.824. The second kappa shape index (κ2) is 5.40. The van der Waals surface area contributed by atoms with Crippen LogP contribution in [0.25, 0.3) is 10.9 Å². The van der Waals surface area contributed by atoms with Gasteiger partial charge in [-0.25, -0.2) is 4.79 Å². The number of pyridine rings is 1. The highest BCUT2D eigenvalue weighted by atomic mass is 79.9. The molecule has 20 heavy (non-hydrogen) atoms. The number of nitrogens with one attached hydrogen (secondary N) is 1. The number of hydrogen-bond acceptors (Lipinski definition) is 3. The van der Waals surface area contributed by atoms with Gasteiger partial charge in [0.1, 0.15) is 5.60 Å². The molecule has 2 aromatic rings. The highest BCUT2D eigenvalue weighted by molar-refractivity contribution is 9.10. The summed E-state index contributed by atoms with van der Waals surface area (Å²) in [5, 5.41) is 3.73. The van der Waals surface area contributed by atoms with E-state index < -0.39 is 11.7 Å². The smallest absolute Gasteiger partial charge is 0.412 e. The number of carbonyl (C=O) groups is 1. The lowest BCUT2D eigenvalue weighted by Crippen LogP contribution is -2.27. The summed E-state index contributed by atoms with van der Waals surface area (Å²) in [6.07, 6.45) is 1.17. The van der Waals surface area contributed by atoms with E-state index in [2.05, 4.69) is 26.2 Å².